The Kier molecular flexibility index (Phi) is 8.02. The van der Waals surface area contributed by atoms with E-state index in [1.165, 1.54) is 9.87 Å². The molecule has 196 valence electrons. The van der Waals surface area contributed by atoms with Gasteiger partial charge in [0.1, 0.15) is 5.69 Å². The van der Waals surface area contributed by atoms with Gasteiger partial charge in [0.15, 0.2) is 10.7 Å². The van der Waals surface area contributed by atoms with Crippen molar-refractivity contribution >= 4 is 28.1 Å². The summed E-state index contributed by atoms with van der Waals surface area (Å²) in [5, 5.41) is 3.98. The molecule has 0 radical (unpaired) electrons. The van der Waals surface area contributed by atoms with Gasteiger partial charge in [-0.1, -0.05) is 35.9 Å². The van der Waals surface area contributed by atoms with Crippen LogP contribution in [-0.4, -0.2) is 79.4 Å². The highest BCUT2D eigenvalue weighted by atomic mass is 32.2. The van der Waals surface area contributed by atoms with Crippen LogP contribution in [0.25, 0.3) is 12.2 Å². The lowest BCUT2D eigenvalue weighted by Gasteiger charge is -2.38. The molecule has 0 saturated carbocycles. The number of hydrogen-bond donors (Lipinski definition) is 0. The van der Waals surface area contributed by atoms with E-state index in [4.69, 9.17) is 4.52 Å². The molecule has 9 heteroatoms. The standard InChI is InChI=1S/C27H38N4O4S/c1-6-29-12-14-30(15-13-29)27(32)23-8-7-11-31(18-23)36(33,34)26-22(5)28-35-25(26)10-9-24-20(3)16-19(2)17-21(24)4/h9-10,16-17,23H,6-8,11-15,18H2,1-5H3. The largest absolute Gasteiger partial charge is 0.355 e. The Morgan fingerprint density at radius 1 is 1.06 bits per heavy atom. The molecule has 1 aromatic heterocycles. The number of piperidine rings is 1. The summed E-state index contributed by atoms with van der Waals surface area (Å²) in [5.74, 6) is -0.0344. The highest BCUT2D eigenvalue weighted by molar-refractivity contribution is 7.89. The predicted octanol–water partition coefficient (Wildman–Crippen LogP) is 3.64. The first-order chi connectivity index (χ1) is 17.1. The van der Waals surface area contributed by atoms with Crippen molar-refractivity contribution in [3.63, 3.8) is 0 Å². The Bertz CT molecular complexity index is 1220. The summed E-state index contributed by atoms with van der Waals surface area (Å²) < 4.78 is 34.4. The van der Waals surface area contributed by atoms with E-state index in [2.05, 4.69) is 36.0 Å². The molecule has 0 bridgehead atoms. The maximum absolute atomic E-state index is 13.8. The molecule has 0 spiro atoms. The summed E-state index contributed by atoms with van der Waals surface area (Å²) >= 11 is 0. The van der Waals surface area contributed by atoms with Crippen molar-refractivity contribution in [2.75, 3.05) is 45.8 Å². The van der Waals surface area contributed by atoms with E-state index in [0.717, 1.165) is 36.3 Å². The molecule has 1 atom stereocenters. The van der Waals surface area contributed by atoms with E-state index in [0.29, 0.717) is 38.2 Å². The average Bonchev–Trinajstić information content (AvgIpc) is 3.24. The monoisotopic (exact) mass is 514 g/mol. The van der Waals surface area contributed by atoms with Crippen LogP contribution in [-0.2, 0) is 14.8 Å². The number of nitrogens with zero attached hydrogens (tertiary/aromatic N) is 4. The Hall–Kier alpha value is -2.49. The summed E-state index contributed by atoms with van der Waals surface area (Å²) in [6, 6.07) is 4.20. The van der Waals surface area contributed by atoms with Crippen molar-refractivity contribution in [3.05, 3.63) is 45.8 Å². The first-order valence-corrected chi connectivity index (χ1v) is 14.3. The van der Waals surface area contributed by atoms with Gasteiger partial charge in [0, 0.05) is 39.3 Å². The number of carbonyl (C=O) groups is 1. The molecule has 2 aromatic rings. The fourth-order valence-corrected chi connectivity index (χ4v) is 7.22. The van der Waals surface area contributed by atoms with Crippen LogP contribution in [0.15, 0.2) is 21.6 Å². The molecule has 1 amide bonds. The minimum Gasteiger partial charge on any atom is -0.355 e. The predicted molar refractivity (Wildman–Crippen MR) is 141 cm³/mol. The molecular formula is C27H38N4O4S. The molecule has 36 heavy (non-hydrogen) atoms. The van der Waals surface area contributed by atoms with E-state index in [1.54, 1.807) is 13.0 Å². The minimum absolute atomic E-state index is 0.0677. The Morgan fingerprint density at radius 2 is 1.72 bits per heavy atom. The van der Waals surface area contributed by atoms with Crippen LogP contribution in [0.3, 0.4) is 0 Å². The van der Waals surface area contributed by atoms with Crippen LogP contribution >= 0.6 is 0 Å². The molecule has 1 aromatic carbocycles. The number of benzene rings is 1. The zero-order valence-corrected chi connectivity index (χ0v) is 22.9. The molecule has 8 nitrogen and oxygen atoms in total. The van der Waals surface area contributed by atoms with Crippen molar-refractivity contribution in [1.82, 2.24) is 19.3 Å². The molecule has 2 aliphatic heterocycles. The number of aromatic nitrogens is 1. The van der Waals surface area contributed by atoms with Crippen LogP contribution in [0.4, 0.5) is 0 Å². The molecule has 1 unspecified atom stereocenters. The molecule has 2 saturated heterocycles. The second-order valence-corrected chi connectivity index (χ2v) is 11.9. The number of carbonyl (C=O) groups excluding carboxylic acids is 1. The van der Waals surface area contributed by atoms with Crippen molar-refractivity contribution in [1.29, 1.82) is 0 Å². The van der Waals surface area contributed by atoms with Gasteiger partial charge in [-0.05, 0) is 69.8 Å². The van der Waals surface area contributed by atoms with Gasteiger partial charge < -0.3 is 14.3 Å². The van der Waals surface area contributed by atoms with Gasteiger partial charge in [-0.25, -0.2) is 8.42 Å². The maximum Gasteiger partial charge on any atom is 0.248 e. The number of hydrogen-bond acceptors (Lipinski definition) is 6. The summed E-state index contributed by atoms with van der Waals surface area (Å²) in [4.78, 5) is 17.5. The minimum atomic E-state index is -3.87. The Balaban J connectivity index is 1.54. The lowest BCUT2D eigenvalue weighted by atomic mass is 9.98. The van der Waals surface area contributed by atoms with Crippen LogP contribution in [0.5, 0.6) is 0 Å². The number of rotatable bonds is 6. The maximum atomic E-state index is 13.8. The second-order valence-electron chi connectivity index (χ2n) is 10.1. The van der Waals surface area contributed by atoms with Crippen LogP contribution < -0.4 is 0 Å². The van der Waals surface area contributed by atoms with E-state index in [9.17, 15) is 13.2 Å². The van der Waals surface area contributed by atoms with E-state index >= 15 is 0 Å². The highest BCUT2D eigenvalue weighted by Gasteiger charge is 2.38. The number of sulfonamides is 1. The summed E-state index contributed by atoms with van der Waals surface area (Å²) in [7, 11) is -3.87. The number of aryl methyl sites for hydroxylation is 4. The molecule has 3 heterocycles. The molecule has 2 fully saturated rings. The third-order valence-corrected chi connectivity index (χ3v) is 9.46. The van der Waals surface area contributed by atoms with Gasteiger partial charge in [-0.15, -0.1) is 0 Å². The van der Waals surface area contributed by atoms with Crippen LogP contribution in [0.1, 0.15) is 53.5 Å². The number of piperazine rings is 1. The van der Waals surface area contributed by atoms with Gasteiger partial charge >= 0.3 is 0 Å². The molecule has 2 aliphatic rings. The normalized spacial score (nSPS) is 20.4. The second kappa shape index (κ2) is 10.9. The van der Waals surface area contributed by atoms with Gasteiger partial charge in [0.25, 0.3) is 0 Å². The molecule has 0 N–H and O–H groups in total. The van der Waals surface area contributed by atoms with Gasteiger partial charge in [0.05, 0.1) is 5.92 Å². The third kappa shape index (κ3) is 5.43. The topological polar surface area (TPSA) is 87.0 Å². The smallest absolute Gasteiger partial charge is 0.248 e. The van der Waals surface area contributed by atoms with E-state index in [-0.39, 0.29) is 29.0 Å². The number of likely N-dealkylation sites (N-methyl/N-ethyl adjacent to an activating group) is 1. The molecule has 0 aliphatic carbocycles. The lowest BCUT2D eigenvalue weighted by Crippen LogP contribution is -2.52. The van der Waals surface area contributed by atoms with Crippen molar-refractivity contribution < 1.29 is 17.7 Å². The van der Waals surface area contributed by atoms with Gasteiger partial charge in [-0.2, -0.15) is 4.31 Å². The zero-order valence-electron chi connectivity index (χ0n) is 22.1. The van der Waals surface area contributed by atoms with Crippen molar-refractivity contribution in [2.24, 2.45) is 5.92 Å². The van der Waals surface area contributed by atoms with Crippen molar-refractivity contribution in [3.8, 4) is 0 Å². The van der Waals surface area contributed by atoms with Crippen molar-refractivity contribution in [2.45, 2.75) is 52.4 Å². The lowest BCUT2D eigenvalue weighted by molar-refractivity contribution is -0.138. The first kappa shape index (κ1) is 26.6. The summed E-state index contributed by atoms with van der Waals surface area (Å²) in [5.41, 5.74) is 4.77. The van der Waals surface area contributed by atoms with E-state index < -0.39 is 10.0 Å². The van der Waals surface area contributed by atoms with Gasteiger partial charge in [-0.3, -0.25) is 4.79 Å². The fourth-order valence-electron chi connectivity index (χ4n) is 5.45. The molecule has 4 rings (SSSR count). The first-order valence-electron chi connectivity index (χ1n) is 12.8. The van der Waals surface area contributed by atoms with Gasteiger partial charge in [0.2, 0.25) is 15.9 Å². The average molecular weight is 515 g/mol. The summed E-state index contributed by atoms with van der Waals surface area (Å²) in [6.45, 7) is 14.6. The highest BCUT2D eigenvalue weighted by Crippen LogP contribution is 2.30. The van der Waals surface area contributed by atoms with E-state index in [1.807, 2.05) is 24.8 Å². The number of amides is 1. The van der Waals surface area contributed by atoms with Crippen LogP contribution in [0.2, 0.25) is 0 Å². The third-order valence-electron chi connectivity index (χ3n) is 7.44. The fraction of sp³-hybridized carbons (Fsp3) is 0.556. The Morgan fingerprint density at radius 3 is 2.36 bits per heavy atom. The SMILES string of the molecule is CCN1CCN(C(=O)C2CCCN(S(=O)(=O)c3c(C)noc3C=Cc3c(C)cc(C)cc3C)C2)CC1. The molecular weight excluding hydrogens is 476 g/mol. The summed E-state index contributed by atoms with van der Waals surface area (Å²) in [6.07, 6.45) is 4.95. The Labute approximate surface area is 215 Å². The quantitative estimate of drug-likeness (QED) is 0.585. The van der Waals surface area contributed by atoms with Crippen LogP contribution in [0, 0.1) is 33.6 Å². The zero-order chi connectivity index (χ0) is 26.0.